The molecule has 0 spiro atoms. The molecule has 0 amide bonds. The first-order valence-electron chi connectivity index (χ1n) is 4.95. The van der Waals surface area contributed by atoms with Crippen LogP contribution in [0.4, 0.5) is 4.39 Å². The van der Waals surface area contributed by atoms with Gasteiger partial charge < -0.3 is 4.90 Å². The van der Waals surface area contributed by atoms with Crippen molar-refractivity contribution >= 4 is 0 Å². The third-order valence-corrected chi connectivity index (χ3v) is 2.20. The summed E-state index contributed by atoms with van der Waals surface area (Å²) in [4.78, 5) is 1.95. The van der Waals surface area contributed by atoms with Gasteiger partial charge in [0.25, 0.3) is 0 Å². The van der Waals surface area contributed by atoms with E-state index in [1.165, 1.54) is 6.07 Å². The zero-order chi connectivity index (χ0) is 11.3. The van der Waals surface area contributed by atoms with Crippen LogP contribution in [0, 0.1) is 23.1 Å². The smallest absolute Gasteiger partial charge is 0.127 e. The molecule has 1 aromatic carbocycles. The van der Waals surface area contributed by atoms with E-state index in [-0.39, 0.29) is 11.7 Å². The Balaban J connectivity index is 2.56. The summed E-state index contributed by atoms with van der Waals surface area (Å²) in [5.74, 6) is -0.212. The average molecular weight is 206 g/mol. The van der Waals surface area contributed by atoms with Gasteiger partial charge in [-0.2, -0.15) is 5.26 Å². The molecule has 1 unspecified atom stereocenters. The topological polar surface area (TPSA) is 27.0 Å². The largest absolute Gasteiger partial charge is 0.301 e. The third kappa shape index (κ3) is 3.69. The van der Waals surface area contributed by atoms with E-state index in [0.29, 0.717) is 18.7 Å². The molecule has 0 N–H and O–H groups in total. The molecule has 0 aliphatic rings. The van der Waals surface area contributed by atoms with E-state index in [0.717, 1.165) is 0 Å². The van der Waals surface area contributed by atoms with E-state index in [1.807, 2.05) is 24.9 Å². The van der Waals surface area contributed by atoms with Gasteiger partial charge in [0.15, 0.2) is 0 Å². The SMILES string of the molecule is CC(C#N)CN(C)Cc1ccccc1F. The van der Waals surface area contributed by atoms with Crippen molar-refractivity contribution in [1.82, 2.24) is 4.90 Å². The Morgan fingerprint density at radius 1 is 1.47 bits per heavy atom. The van der Waals surface area contributed by atoms with Crippen LogP contribution < -0.4 is 0 Å². The zero-order valence-corrected chi connectivity index (χ0v) is 9.07. The fourth-order valence-corrected chi connectivity index (χ4v) is 1.49. The molecule has 0 bridgehead atoms. The highest BCUT2D eigenvalue weighted by atomic mass is 19.1. The normalized spacial score (nSPS) is 12.5. The molecule has 3 heteroatoms. The Bertz CT molecular complexity index is 357. The molecule has 0 fully saturated rings. The van der Waals surface area contributed by atoms with Crippen LogP contribution in [0.5, 0.6) is 0 Å². The molecular weight excluding hydrogens is 191 g/mol. The number of hydrogen-bond donors (Lipinski definition) is 0. The van der Waals surface area contributed by atoms with Crippen LogP contribution in [-0.4, -0.2) is 18.5 Å². The Morgan fingerprint density at radius 3 is 2.73 bits per heavy atom. The number of benzene rings is 1. The summed E-state index contributed by atoms with van der Waals surface area (Å²) in [6, 6.07) is 8.88. The maximum absolute atomic E-state index is 13.3. The van der Waals surface area contributed by atoms with Crippen LogP contribution in [0.15, 0.2) is 24.3 Å². The maximum Gasteiger partial charge on any atom is 0.127 e. The van der Waals surface area contributed by atoms with E-state index in [4.69, 9.17) is 5.26 Å². The van der Waals surface area contributed by atoms with Gasteiger partial charge in [-0.15, -0.1) is 0 Å². The molecule has 0 aliphatic heterocycles. The standard InChI is InChI=1S/C12H15FN2/c1-10(7-14)8-15(2)9-11-5-3-4-6-12(11)13/h3-6,10H,8-9H2,1-2H3. The maximum atomic E-state index is 13.3. The Hall–Kier alpha value is -1.40. The number of nitrogens with zero attached hydrogens (tertiary/aromatic N) is 2. The van der Waals surface area contributed by atoms with Crippen LogP contribution in [-0.2, 0) is 6.54 Å². The van der Waals surface area contributed by atoms with Crippen molar-refractivity contribution in [2.75, 3.05) is 13.6 Å². The Labute approximate surface area is 89.9 Å². The lowest BCUT2D eigenvalue weighted by Gasteiger charge is -2.17. The molecule has 1 aromatic rings. The van der Waals surface area contributed by atoms with Crippen LogP contribution >= 0.6 is 0 Å². The van der Waals surface area contributed by atoms with Crippen molar-refractivity contribution in [2.24, 2.45) is 5.92 Å². The van der Waals surface area contributed by atoms with Gasteiger partial charge in [0.1, 0.15) is 5.82 Å². The summed E-state index contributed by atoms with van der Waals surface area (Å²) >= 11 is 0. The molecule has 0 radical (unpaired) electrons. The average Bonchev–Trinajstić information content (AvgIpc) is 2.21. The molecule has 2 nitrogen and oxygen atoms in total. The van der Waals surface area contributed by atoms with Crippen molar-refractivity contribution in [3.63, 3.8) is 0 Å². The van der Waals surface area contributed by atoms with Gasteiger partial charge in [-0.3, -0.25) is 0 Å². The first-order chi connectivity index (χ1) is 7.13. The second-order valence-electron chi connectivity index (χ2n) is 3.82. The molecule has 1 atom stereocenters. The molecule has 80 valence electrons. The highest BCUT2D eigenvalue weighted by Crippen LogP contribution is 2.09. The number of halogens is 1. The van der Waals surface area contributed by atoms with E-state index >= 15 is 0 Å². The highest BCUT2D eigenvalue weighted by Gasteiger charge is 2.07. The first kappa shape index (κ1) is 11.7. The second kappa shape index (κ2) is 5.47. The fourth-order valence-electron chi connectivity index (χ4n) is 1.49. The van der Waals surface area contributed by atoms with Gasteiger partial charge in [0, 0.05) is 18.7 Å². The van der Waals surface area contributed by atoms with Crippen molar-refractivity contribution in [1.29, 1.82) is 5.26 Å². The van der Waals surface area contributed by atoms with Crippen LogP contribution in [0.25, 0.3) is 0 Å². The van der Waals surface area contributed by atoms with Gasteiger partial charge >= 0.3 is 0 Å². The van der Waals surface area contributed by atoms with E-state index in [9.17, 15) is 4.39 Å². The van der Waals surface area contributed by atoms with Crippen molar-refractivity contribution in [2.45, 2.75) is 13.5 Å². The summed E-state index contributed by atoms with van der Waals surface area (Å²) < 4.78 is 13.3. The molecular formula is C12H15FN2. The van der Waals surface area contributed by atoms with Gasteiger partial charge in [0.2, 0.25) is 0 Å². The van der Waals surface area contributed by atoms with Gasteiger partial charge in [-0.05, 0) is 20.0 Å². The first-order valence-corrected chi connectivity index (χ1v) is 4.95. The van der Waals surface area contributed by atoms with Crippen molar-refractivity contribution in [3.05, 3.63) is 35.6 Å². The zero-order valence-electron chi connectivity index (χ0n) is 9.07. The summed E-state index contributed by atoms with van der Waals surface area (Å²) in [6.45, 7) is 3.06. The number of nitriles is 1. The van der Waals surface area contributed by atoms with E-state index < -0.39 is 0 Å². The summed E-state index contributed by atoms with van der Waals surface area (Å²) in [5, 5.41) is 8.65. The van der Waals surface area contributed by atoms with Gasteiger partial charge in [0.05, 0.1) is 12.0 Å². The summed E-state index contributed by atoms with van der Waals surface area (Å²) in [6.07, 6.45) is 0. The monoisotopic (exact) mass is 206 g/mol. The Kier molecular flexibility index (Phi) is 4.26. The van der Waals surface area contributed by atoms with Gasteiger partial charge in [-0.25, -0.2) is 4.39 Å². The molecule has 0 saturated heterocycles. The highest BCUT2D eigenvalue weighted by molar-refractivity contribution is 5.17. The lowest BCUT2D eigenvalue weighted by molar-refractivity contribution is 0.298. The van der Waals surface area contributed by atoms with Crippen LogP contribution in [0.2, 0.25) is 0 Å². The minimum Gasteiger partial charge on any atom is -0.301 e. The minimum absolute atomic E-state index is 0.0261. The number of hydrogen-bond acceptors (Lipinski definition) is 2. The lowest BCUT2D eigenvalue weighted by atomic mass is 10.1. The van der Waals surface area contributed by atoms with Crippen molar-refractivity contribution in [3.8, 4) is 6.07 Å². The van der Waals surface area contributed by atoms with Gasteiger partial charge in [-0.1, -0.05) is 18.2 Å². The predicted octanol–water partition coefficient (Wildman–Crippen LogP) is 2.42. The third-order valence-electron chi connectivity index (χ3n) is 2.20. The molecule has 0 saturated carbocycles. The lowest BCUT2D eigenvalue weighted by Crippen LogP contribution is -2.23. The van der Waals surface area contributed by atoms with Crippen LogP contribution in [0.3, 0.4) is 0 Å². The fraction of sp³-hybridized carbons (Fsp3) is 0.417. The predicted molar refractivity (Wildman–Crippen MR) is 57.5 cm³/mol. The summed E-state index contributed by atoms with van der Waals surface area (Å²) in [7, 11) is 1.89. The molecule has 0 heterocycles. The Morgan fingerprint density at radius 2 is 2.13 bits per heavy atom. The summed E-state index contributed by atoms with van der Waals surface area (Å²) in [5.41, 5.74) is 0.671. The van der Waals surface area contributed by atoms with E-state index in [2.05, 4.69) is 6.07 Å². The second-order valence-corrected chi connectivity index (χ2v) is 3.82. The van der Waals surface area contributed by atoms with Crippen molar-refractivity contribution < 1.29 is 4.39 Å². The van der Waals surface area contributed by atoms with E-state index in [1.54, 1.807) is 12.1 Å². The molecule has 0 aliphatic carbocycles. The molecule has 15 heavy (non-hydrogen) atoms. The quantitative estimate of drug-likeness (QED) is 0.756. The number of rotatable bonds is 4. The van der Waals surface area contributed by atoms with Crippen LogP contribution in [0.1, 0.15) is 12.5 Å². The molecule has 0 aromatic heterocycles. The minimum atomic E-state index is -0.186. The molecule has 1 rings (SSSR count).